The number of aromatic nitrogens is 1. The number of hydrogen-bond acceptors (Lipinski definition) is 7. The number of hydrazone groups is 1. The van der Waals surface area contributed by atoms with Gasteiger partial charge in [-0.25, -0.2) is 4.98 Å². The lowest BCUT2D eigenvalue weighted by Crippen LogP contribution is -2.48. The fourth-order valence-corrected chi connectivity index (χ4v) is 4.06. The number of aliphatic hydroxyl groups is 1. The first-order valence-electron chi connectivity index (χ1n) is 11.1. The van der Waals surface area contributed by atoms with Crippen LogP contribution in [0.2, 0.25) is 0 Å². The number of allylic oxidation sites excluding steroid dienone is 3. The monoisotopic (exact) mass is 447 g/mol. The average molecular weight is 448 g/mol. The predicted octanol–water partition coefficient (Wildman–Crippen LogP) is 2.35. The average Bonchev–Trinajstić information content (AvgIpc) is 3.26. The van der Waals surface area contributed by atoms with Crippen molar-refractivity contribution >= 4 is 29.7 Å². The smallest absolute Gasteiger partial charge is 0.270 e. The van der Waals surface area contributed by atoms with Crippen LogP contribution in [0.5, 0.6) is 0 Å². The third-order valence-corrected chi connectivity index (χ3v) is 5.89. The Morgan fingerprint density at radius 2 is 2.27 bits per heavy atom. The quantitative estimate of drug-likeness (QED) is 0.501. The lowest BCUT2D eigenvalue weighted by Gasteiger charge is -2.28. The maximum Gasteiger partial charge on any atom is 0.270 e. The first-order chi connectivity index (χ1) is 16.0. The molecule has 8 nitrogen and oxygen atoms in total. The molecule has 0 spiro atoms. The molecule has 4 rings (SSSR count). The Bertz CT molecular complexity index is 1110. The number of amides is 1. The van der Waals surface area contributed by atoms with Gasteiger partial charge in [0.1, 0.15) is 5.69 Å². The van der Waals surface area contributed by atoms with Crippen molar-refractivity contribution in [2.24, 2.45) is 16.0 Å². The molecule has 172 valence electrons. The van der Waals surface area contributed by atoms with E-state index in [2.05, 4.69) is 27.1 Å². The molecule has 0 radical (unpaired) electrons. The van der Waals surface area contributed by atoms with E-state index >= 15 is 0 Å². The number of benzene rings is 1. The minimum atomic E-state index is -0.713. The highest BCUT2D eigenvalue weighted by Gasteiger charge is 2.26. The molecule has 2 aromatic rings. The second-order valence-corrected chi connectivity index (χ2v) is 8.29. The van der Waals surface area contributed by atoms with E-state index in [-0.39, 0.29) is 24.5 Å². The highest BCUT2D eigenvalue weighted by atomic mass is 16.5. The van der Waals surface area contributed by atoms with Gasteiger partial charge in [0.2, 0.25) is 0 Å². The third-order valence-electron chi connectivity index (χ3n) is 5.89. The van der Waals surface area contributed by atoms with Gasteiger partial charge in [-0.2, -0.15) is 5.10 Å². The van der Waals surface area contributed by atoms with Crippen LogP contribution in [0.25, 0.3) is 10.9 Å². The summed E-state index contributed by atoms with van der Waals surface area (Å²) in [6.07, 6.45) is 8.31. The van der Waals surface area contributed by atoms with Crippen LogP contribution in [-0.2, 0) is 11.2 Å². The summed E-state index contributed by atoms with van der Waals surface area (Å²) >= 11 is 0. The molecule has 33 heavy (non-hydrogen) atoms. The standard InChI is InChI=1S/C25H29N5O3/c1-26-20(18-14-27-30(2)15-18)9-5-3-7-17-13-23(28-21-10-6-4-8-19(17)21)25(32)29-22-11-12-33-16-24(22)31/h3-6,8-10,13-14,18,22,24,31H,1,7,11-12,15-16H2,2H3,(H,29,32)/b5-3+,20-9-/t18?,22-,24?/m0/s1. The summed E-state index contributed by atoms with van der Waals surface area (Å²) in [7, 11) is 1.93. The van der Waals surface area contributed by atoms with Crippen LogP contribution < -0.4 is 5.32 Å². The topological polar surface area (TPSA) is 99.4 Å². The van der Waals surface area contributed by atoms with Crippen LogP contribution in [0.3, 0.4) is 0 Å². The Morgan fingerprint density at radius 1 is 1.42 bits per heavy atom. The number of rotatable bonds is 7. The number of carbonyl (C=O) groups is 1. The lowest BCUT2D eigenvalue weighted by atomic mass is 10.0. The number of fused-ring (bicyclic) bond motifs is 1. The largest absolute Gasteiger partial charge is 0.389 e. The molecule has 2 aliphatic rings. The van der Waals surface area contributed by atoms with Gasteiger partial charge in [0.25, 0.3) is 5.91 Å². The Hall–Kier alpha value is -3.36. The maximum absolute atomic E-state index is 12.9. The van der Waals surface area contributed by atoms with Crippen molar-refractivity contribution in [3.8, 4) is 0 Å². The number of nitrogens with zero attached hydrogens (tertiary/aromatic N) is 4. The molecule has 2 N–H and O–H groups in total. The van der Waals surface area contributed by atoms with Gasteiger partial charge in [0, 0.05) is 37.5 Å². The van der Waals surface area contributed by atoms with Crippen LogP contribution >= 0.6 is 0 Å². The third kappa shape index (κ3) is 5.53. The van der Waals surface area contributed by atoms with E-state index in [0.29, 0.717) is 25.1 Å². The molecule has 1 aromatic heterocycles. The normalized spacial score (nSPS) is 23.4. The van der Waals surface area contributed by atoms with Crippen molar-refractivity contribution in [2.45, 2.75) is 25.0 Å². The van der Waals surface area contributed by atoms with Gasteiger partial charge >= 0.3 is 0 Å². The van der Waals surface area contributed by atoms with Crippen LogP contribution in [0, 0.1) is 5.92 Å². The zero-order valence-corrected chi connectivity index (χ0v) is 18.7. The predicted molar refractivity (Wildman–Crippen MR) is 130 cm³/mol. The summed E-state index contributed by atoms with van der Waals surface area (Å²) in [4.78, 5) is 21.6. The van der Waals surface area contributed by atoms with Gasteiger partial charge in [-0.15, -0.1) is 0 Å². The second kappa shape index (κ2) is 10.5. The molecule has 0 aliphatic carbocycles. The number of para-hydroxylation sites is 1. The summed E-state index contributed by atoms with van der Waals surface area (Å²) in [5.41, 5.74) is 2.97. The van der Waals surface area contributed by atoms with Crippen LogP contribution in [0.4, 0.5) is 0 Å². The number of pyridine rings is 1. The van der Waals surface area contributed by atoms with E-state index in [1.54, 1.807) is 0 Å². The lowest BCUT2D eigenvalue weighted by molar-refractivity contribution is -0.0261. The van der Waals surface area contributed by atoms with Gasteiger partial charge in [0.05, 0.1) is 30.2 Å². The number of hydrogen-bond donors (Lipinski definition) is 2. The van der Waals surface area contributed by atoms with E-state index in [9.17, 15) is 9.90 Å². The Labute approximate surface area is 193 Å². The minimum absolute atomic E-state index is 0.134. The molecule has 1 amide bonds. The maximum atomic E-state index is 12.9. The molecule has 1 fully saturated rings. The number of nitrogens with one attached hydrogen (secondary N) is 1. The molecule has 1 saturated heterocycles. The molecular weight excluding hydrogens is 418 g/mol. The SMILES string of the molecule is C=N/C(=C\C=C\Cc1cc(C(=O)N[C@H]2CCOCC2O)nc2ccccc12)C1C=NN(C)C1. The molecule has 2 aliphatic heterocycles. The van der Waals surface area contributed by atoms with E-state index in [0.717, 1.165) is 28.7 Å². The summed E-state index contributed by atoms with van der Waals surface area (Å²) in [5.74, 6) is -0.158. The highest BCUT2D eigenvalue weighted by Crippen LogP contribution is 2.21. The van der Waals surface area contributed by atoms with Gasteiger partial charge in [-0.05, 0) is 43.3 Å². The van der Waals surface area contributed by atoms with Gasteiger partial charge in [0.15, 0.2) is 0 Å². The molecular formula is C25H29N5O3. The number of aliphatic imine (C=N–C) groups is 1. The first kappa shape index (κ1) is 22.8. The molecule has 1 aromatic carbocycles. The number of carbonyl (C=O) groups excluding carboxylic acids is 1. The van der Waals surface area contributed by atoms with Crippen molar-refractivity contribution in [2.75, 3.05) is 26.8 Å². The summed E-state index contributed by atoms with van der Waals surface area (Å²) < 4.78 is 5.24. The molecule has 3 heterocycles. The van der Waals surface area contributed by atoms with E-state index in [1.165, 1.54) is 0 Å². The van der Waals surface area contributed by atoms with Crippen molar-refractivity contribution in [1.29, 1.82) is 0 Å². The molecule has 8 heteroatoms. The molecule has 0 bridgehead atoms. The zero-order valence-electron chi connectivity index (χ0n) is 18.7. The Kier molecular flexibility index (Phi) is 7.26. The Morgan fingerprint density at radius 3 is 3.03 bits per heavy atom. The van der Waals surface area contributed by atoms with E-state index in [4.69, 9.17) is 4.74 Å². The van der Waals surface area contributed by atoms with Crippen LogP contribution in [0.15, 0.2) is 64.4 Å². The second-order valence-electron chi connectivity index (χ2n) is 8.29. The van der Waals surface area contributed by atoms with Crippen LogP contribution in [0.1, 0.15) is 22.5 Å². The molecule has 2 unspecified atom stereocenters. The van der Waals surface area contributed by atoms with Crippen molar-refractivity contribution < 1.29 is 14.6 Å². The van der Waals surface area contributed by atoms with Crippen molar-refractivity contribution in [3.05, 3.63) is 65.5 Å². The minimum Gasteiger partial charge on any atom is -0.389 e. The van der Waals surface area contributed by atoms with Crippen molar-refractivity contribution in [1.82, 2.24) is 15.3 Å². The zero-order chi connectivity index (χ0) is 23.2. The first-order valence-corrected chi connectivity index (χ1v) is 11.1. The van der Waals surface area contributed by atoms with E-state index < -0.39 is 6.10 Å². The molecule has 0 saturated carbocycles. The molecule has 3 atom stereocenters. The fourth-order valence-electron chi connectivity index (χ4n) is 4.06. The fraction of sp³-hybridized carbons (Fsp3) is 0.360. The van der Waals surface area contributed by atoms with Crippen molar-refractivity contribution in [3.63, 3.8) is 0 Å². The van der Waals surface area contributed by atoms with Crippen LogP contribution in [-0.4, -0.2) is 72.9 Å². The van der Waals surface area contributed by atoms with Gasteiger partial charge in [-0.1, -0.05) is 30.4 Å². The highest BCUT2D eigenvalue weighted by molar-refractivity contribution is 5.96. The summed E-state index contributed by atoms with van der Waals surface area (Å²) in [5, 5.41) is 20.1. The van der Waals surface area contributed by atoms with E-state index in [1.807, 2.05) is 66.8 Å². The number of ether oxygens (including phenoxy) is 1. The van der Waals surface area contributed by atoms with Gasteiger partial charge < -0.3 is 15.2 Å². The summed E-state index contributed by atoms with van der Waals surface area (Å²) in [6.45, 7) is 5.21. The number of aliphatic hydroxyl groups excluding tert-OH is 1. The Balaban J connectivity index is 1.52. The summed E-state index contributed by atoms with van der Waals surface area (Å²) in [6, 6.07) is 9.26. The van der Waals surface area contributed by atoms with Gasteiger partial charge in [-0.3, -0.25) is 14.8 Å².